The lowest BCUT2D eigenvalue weighted by molar-refractivity contribution is 0.0951. The molecule has 6 nitrogen and oxygen atoms in total. The molecule has 2 aromatic rings. The summed E-state index contributed by atoms with van der Waals surface area (Å²) in [7, 11) is 0. The van der Waals surface area contributed by atoms with Gasteiger partial charge in [-0.3, -0.25) is 4.79 Å². The molecule has 1 amide bonds. The molecule has 29 heavy (non-hydrogen) atoms. The Kier molecular flexibility index (Phi) is 6.49. The van der Waals surface area contributed by atoms with Gasteiger partial charge in [-0.25, -0.2) is 4.98 Å². The summed E-state index contributed by atoms with van der Waals surface area (Å²) in [5, 5.41) is 10.4. The van der Waals surface area contributed by atoms with Crippen LogP contribution in [0, 0.1) is 5.92 Å². The molecule has 0 bridgehead atoms. The third-order valence-electron chi connectivity index (χ3n) is 5.59. The number of carbonyl (C=O) groups is 1. The van der Waals surface area contributed by atoms with Crippen molar-refractivity contribution in [3.63, 3.8) is 0 Å². The summed E-state index contributed by atoms with van der Waals surface area (Å²) in [5.74, 6) is 1.67. The summed E-state index contributed by atoms with van der Waals surface area (Å²) in [5.41, 5.74) is 1.61. The van der Waals surface area contributed by atoms with Gasteiger partial charge in [0.2, 0.25) is 5.95 Å². The molecule has 3 N–H and O–H groups in total. The Labute approximate surface area is 176 Å². The maximum absolute atomic E-state index is 12.6. The van der Waals surface area contributed by atoms with Crippen molar-refractivity contribution in [2.75, 3.05) is 17.2 Å². The molecule has 2 saturated carbocycles. The zero-order valence-electron chi connectivity index (χ0n) is 16.6. The molecule has 0 aliphatic heterocycles. The molecule has 0 saturated heterocycles. The van der Waals surface area contributed by atoms with Gasteiger partial charge < -0.3 is 16.0 Å². The van der Waals surface area contributed by atoms with E-state index >= 15 is 0 Å². The average molecular weight is 414 g/mol. The number of hydrogen-bond donors (Lipinski definition) is 3. The molecule has 1 heterocycles. The Morgan fingerprint density at radius 1 is 1.03 bits per heavy atom. The van der Waals surface area contributed by atoms with E-state index in [-0.39, 0.29) is 5.91 Å². The topological polar surface area (TPSA) is 78.9 Å². The van der Waals surface area contributed by atoms with Gasteiger partial charge in [0.05, 0.1) is 0 Å². The predicted octanol–water partition coefficient (Wildman–Crippen LogP) is 4.63. The van der Waals surface area contributed by atoms with Gasteiger partial charge in [0, 0.05) is 30.4 Å². The van der Waals surface area contributed by atoms with Crippen molar-refractivity contribution in [2.45, 2.75) is 57.5 Å². The third kappa shape index (κ3) is 5.82. The summed E-state index contributed by atoms with van der Waals surface area (Å²) < 4.78 is 0. The van der Waals surface area contributed by atoms with Crippen LogP contribution in [0.5, 0.6) is 0 Å². The molecule has 7 heteroatoms. The smallest absolute Gasteiger partial charge is 0.256 e. The maximum Gasteiger partial charge on any atom is 0.256 e. The molecule has 4 rings (SSSR count). The van der Waals surface area contributed by atoms with E-state index < -0.39 is 0 Å². The van der Waals surface area contributed by atoms with E-state index in [1.54, 1.807) is 6.20 Å². The number of halogens is 1. The number of amides is 1. The van der Waals surface area contributed by atoms with E-state index in [2.05, 4.69) is 25.9 Å². The predicted molar refractivity (Wildman–Crippen MR) is 116 cm³/mol. The molecule has 0 spiro atoms. The minimum atomic E-state index is -0.0945. The molecular weight excluding hydrogens is 386 g/mol. The van der Waals surface area contributed by atoms with Crippen LogP contribution in [-0.2, 0) is 6.54 Å². The Bertz CT molecular complexity index is 832. The minimum Gasteiger partial charge on any atom is -0.369 e. The van der Waals surface area contributed by atoms with Crippen molar-refractivity contribution in [1.29, 1.82) is 0 Å². The van der Waals surface area contributed by atoms with E-state index in [1.165, 1.54) is 32.1 Å². The van der Waals surface area contributed by atoms with Gasteiger partial charge >= 0.3 is 0 Å². The molecular formula is C22H28ClN5O. The van der Waals surface area contributed by atoms with Gasteiger partial charge in [0.25, 0.3) is 5.91 Å². The molecule has 2 aliphatic carbocycles. The molecule has 0 radical (unpaired) electrons. The van der Waals surface area contributed by atoms with Crippen LogP contribution in [0.25, 0.3) is 0 Å². The first kappa shape index (κ1) is 20.0. The highest BCUT2D eigenvalue weighted by molar-refractivity contribution is 6.30. The molecule has 2 aliphatic rings. The number of nitrogens with one attached hydrogen (secondary N) is 3. The molecule has 0 atom stereocenters. The molecule has 0 unspecified atom stereocenters. The summed E-state index contributed by atoms with van der Waals surface area (Å²) in [6.07, 6.45) is 10.1. The zero-order chi connectivity index (χ0) is 20.1. The highest BCUT2D eigenvalue weighted by Gasteiger charge is 2.26. The standard InChI is InChI=1S/C22H28ClN5O/c23-17-8-6-16(7-9-17)13-25-22-26-14-19(21(29)27-18-10-11-18)20(28-22)24-12-15-4-2-1-3-5-15/h6-9,14-15,18H,1-5,10-13H2,(H,27,29)(H2,24,25,26,28). The van der Waals surface area contributed by atoms with E-state index in [0.29, 0.717) is 40.9 Å². The first-order valence-corrected chi connectivity index (χ1v) is 11.0. The van der Waals surface area contributed by atoms with Gasteiger partial charge in [0.15, 0.2) is 0 Å². The van der Waals surface area contributed by atoms with Crippen molar-refractivity contribution in [3.05, 3.63) is 46.6 Å². The van der Waals surface area contributed by atoms with Crippen molar-refractivity contribution in [3.8, 4) is 0 Å². The van der Waals surface area contributed by atoms with Gasteiger partial charge in [-0.15, -0.1) is 0 Å². The second-order valence-corrected chi connectivity index (χ2v) is 8.51. The second-order valence-electron chi connectivity index (χ2n) is 8.07. The fourth-order valence-electron chi connectivity index (χ4n) is 3.67. The van der Waals surface area contributed by atoms with Crippen LogP contribution in [0.4, 0.5) is 11.8 Å². The number of carbonyl (C=O) groups excluding carboxylic acids is 1. The lowest BCUT2D eigenvalue weighted by Gasteiger charge is -2.22. The van der Waals surface area contributed by atoms with Crippen LogP contribution in [0.15, 0.2) is 30.5 Å². The highest BCUT2D eigenvalue weighted by Crippen LogP contribution is 2.25. The SMILES string of the molecule is O=C(NC1CC1)c1cnc(NCc2ccc(Cl)cc2)nc1NCC1CCCCC1. The Balaban J connectivity index is 1.45. The van der Waals surface area contributed by atoms with Crippen LogP contribution in [0.3, 0.4) is 0 Å². The van der Waals surface area contributed by atoms with Crippen molar-refractivity contribution in [2.24, 2.45) is 5.92 Å². The number of hydrogen-bond acceptors (Lipinski definition) is 5. The van der Waals surface area contributed by atoms with E-state index in [9.17, 15) is 4.79 Å². The summed E-state index contributed by atoms with van der Waals surface area (Å²) in [6.45, 7) is 1.43. The first-order valence-electron chi connectivity index (χ1n) is 10.6. The van der Waals surface area contributed by atoms with E-state index in [0.717, 1.165) is 24.9 Å². The lowest BCUT2D eigenvalue weighted by atomic mass is 9.89. The summed E-state index contributed by atoms with van der Waals surface area (Å²) in [6, 6.07) is 7.96. The van der Waals surface area contributed by atoms with Crippen molar-refractivity contribution >= 4 is 29.3 Å². The van der Waals surface area contributed by atoms with Gasteiger partial charge in [-0.2, -0.15) is 4.98 Å². The minimum absolute atomic E-state index is 0.0945. The monoisotopic (exact) mass is 413 g/mol. The van der Waals surface area contributed by atoms with Crippen LogP contribution < -0.4 is 16.0 Å². The Morgan fingerprint density at radius 3 is 2.52 bits per heavy atom. The average Bonchev–Trinajstić information content (AvgIpc) is 3.56. The largest absolute Gasteiger partial charge is 0.369 e. The number of aromatic nitrogens is 2. The molecule has 154 valence electrons. The van der Waals surface area contributed by atoms with Crippen molar-refractivity contribution in [1.82, 2.24) is 15.3 Å². The highest BCUT2D eigenvalue weighted by atomic mass is 35.5. The van der Waals surface area contributed by atoms with Crippen LogP contribution in [0.1, 0.15) is 60.9 Å². The van der Waals surface area contributed by atoms with Gasteiger partial charge in [-0.1, -0.05) is 43.0 Å². The molecule has 1 aromatic heterocycles. The van der Waals surface area contributed by atoms with E-state index in [4.69, 9.17) is 11.6 Å². The summed E-state index contributed by atoms with van der Waals surface area (Å²) >= 11 is 5.94. The third-order valence-corrected chi connectivity index (χ3v) is 5.84. The second kappa shape index (κ2) is 9.44. The lowest BCUT2D eigenvalue weighted by Crippen LogP contribution is -2.28. The van der Waals surface area contributed by atoms with Crippen molar-refractivity contribution < 1.29 is 4.79 Å². The Hall–Kier alpha value is -2.34. The number of anilines is 2. The fraction of sp³-hybridized carbons (Fsp3) is 0.500. The maximum atomic E-state index is 12.6. The number of rotatable bonds is 8. The summed E-state index contributed by atoms with van der Waals surface area (Å²) in [4.78, 5) is 21.6. The quantitative estimate of drug-likeness (QED) is 0.588. The number of benzene rings is 1. The first-order chi connectivity index (χ1) is 14.2. The van der Waals surface area contributed by atoms with Gasteiger partial charge in [-0.05, 0) is 49.3 Å². The normalized spacial score (nSPS) is 17.0. The van der Waals surface area contributed by atoms with Crippen LogP contribution in [0.2, 0.25) is 5.02 Å². The van der Waals surface area contributed by atoms with E-state index in [1.807, 2.05) is 24.3 Å². The van der Waals surface area contributed by atoms with Crippen LogP contribution in [-0.4, -0.2) is 28.5 Å². The van der Waals surface area contributed by atoms with Crippen LogP contribution >= 0.6 is 11.6 Å². The Morgan fingerprint density at radius 2 is 1.79 bits per heavy atom. The number of nitrogens with zero attached hydrogens (tertiary/aromatic N) is 2. The molecule has 2 fully saturated rings. The van der Waals surface area contributed by atoms with Gasteiger partial charge in [0.1, 0.15) is 11.4 Å². The molecule has 1 aromatic carbocycles. The zero-order valence-corrected chi connectivity index (χ0v) is 17.3. The fourth-order valence-corrected chi connectivity index (χ4v) is 3.80.